The van der Waals surface area contributed by atoms with Gasteiger partial charge in [0, 0.05) is 32.1 Å². The lowest BCUT2D eigenvalue weighted by Gasteiger charge is -2.12. The van der Waals surface area contributed by atoms with Crippen LogP contribution in [0.2, 0.25) is 0 Å². The van der Waals surface area contributed by atoms with Crippen molar-refractivity contribution in [3.8, 4) is 0 Å². The van der Waals surface area contributed by atoms with E-state index in [0.29, 0.717) is 6.54 Å². The first-order chi connectivity index (χ1) is 10.3. The topological polar surface area (TPSA) is 62.5 Å². The normalized spacial score (nSPS) is 11.7. The number of aryl methyl sites for hydroxylation is 2. The molecule has 5 nitrogen and oxygen atoms in total. The Hall–Kier alpha value is -1.17. The first-order valence-electron chi connectivity index (χ1n) is 7.66. The van der Waals surface area contributed by atoms with Gasteiger partial charge in [-0.2, -0.15) is 11.8 Å². The van der Waals surface area contributed by atoms with Crippen molar-refractivity contribution in [2.24, 2.45) is 4.99 Å². The molecule has 0 fully saturated rings. The van der Waals surface area contributed by atoms with Crippen LogP contribution in [0.3, 0.4) is 0 Å². The molecule has 1 rings (SSSR count). The van der Waals surface area contributed by atoms with Crippen molar-refractivity contribution in [2.45, 2.75) is 46.1 Å². The van der Waals surface area contributed by atoms with Gasteiger partial charge >= 0.3 is 0 Å². The van der Waals surface area contributed by atoms with Crippen LogP contribution in [0.4, 0.5) is 0 Å². The number of aromatic nitrogens is 1. The van der Waals surface area contributed by atoms with Crippen molar-refractivity contribution in [2.75, 3.05) is 25.6 Å². The van der Waals surface area contributed by atoms with Crippen LogP contribution in [0, 0.1) is 0 Å². The molecule has 1 aromatic rings. The monoisotopic (exact) mass is 312 g/mol. The van der Waals surface area contributed by atoms with Gasteiger partial charge in [-0.15, -0.1) is 0 Å². The summed E-state index contributed by atoms with van der Waals surface area (Å²) >= 11 is 1.89. The fraction of sp³-hybridized carbons (Fsp3) is 0.733. The van der Waals surface area contributed by atoms with Crippen LogP contribution in [0.15, 0.2) is 9.52 Å². The molecule has 2 N–H and O–H groups in total. The first-order valence-corrected chi connectivity index (χ1v) is 9.05. The predicted molar refractivity (Wildman–Crippen MR) is 91.1 cm³/mol. The van der Waals surface area contributed by atoms with Gasteiger partial charge in [-0.3, -0.25) is 4.99 Å². The van der Waals surface area contributed by atoms with Crippen molar-refractivity contribution in [3.63, 3.8) is 0 Å². The number of guanidine groups is 1. The van der Waals surface area contributed by atoms with Crippen molar-refractivity contribution < 1.29 is 4.52 Å². The number of rotatable bonds is 9. The van der Waals surface area contributed by atoms with Crippen LogP contribution in [-0.2, 0) is 19.4 Å². The lowest BCUT2D eigenvalue weighted by Crippen LogP contribution is -2.37. The fourth-order valence-electron chi connectivity index (χ4n) is 2.11. The molecule has 0 bridgehead atoms. The van der Waals surface area contributed by atoms with Crippen molar-refractivity contribution in [1.82, 2.24) is 15.8 Å². The fourth-order valence-corrected chi connectivity index (χ4v) is 2.60. The number of nitrogens with zero attached hydrogens (tertiary/aromatic N) is 2. The van der Waals surface area contributed by atoms with Crippen LogP contribution in [0.25, 0.3) is 0 Å². The summed E-state index contributed by atoms with van der Waals surface area (Å²) < 4.78 is 5.37. The minimum atomic E-state index is 0.709. The van der Waals surface area contributed by atoms with E-state index in [1.54, 1.807) is 7.05 Å². The molecule has 0 aromatic carbocycles. The van der Waals surface area contributed by atoms with E-state index in [2.05, 4.69) is 40.9 Å². The molecule has 0 amide bonds. The molecule has 6 heteroatoms. The van der Waals surface area contributed by atoms with Gasteiger partial charge in [0.2, 0.25) is 0 Å². The van der Waals surface area contributed by atoms with Crippen LogP contribution >= 0.6 is 11.8 Å². The maximum atomic E-state index is 5.37. The third kappa shape index (κ3) is 5.99. The number of nitrogens with one attached hydrogen (secondary N) is 2. The van der Waals surface area contributed by atoms with Gasteiger partial charge in [0.1, 0.15) is 5.76 Å². The Balaban J connectivity index is 2.43. The highest BCUT2D eigenvalue weighted by molar-refractivity contribution is 7.98. The molecule has 0 radical (unpaired) electrons. The smallest absolute Gasteiger partial charge is 0.191 e. The summed E-state index contributed by atoms with van der Waals surface area (Å²) in [6.07, 6.45) is 6.29. The Labute approximate surface area is 132 Å². The standard InChI is InChI=1S/C15H28N4OS/c1-5-13-12(14(6-2)20-19-13)11-18-15(16-3)17-9-7-8-10-21-4/h5-11H2,1-4H3,(H2,16,17,18). The largest absolute Gasteiger partial charge is 0.361 e. The average molecular weight is 312 g/mol. The van der Waals surface area contributed by atoms with Gasteiger partial charge in [-0.1, -0.05) is 19.0 Å². The van der Waals surface area contributed by atoms with E-state index in [9.17, 15) is 0 Å². The Kier molecular flexibility index (Phi) is 8.98. The molecule has 0 saturated heterocycles. The number of aliphatic imine (C=N–C) groups is 1. The second kappa shape index (κ2) is 10.5. The van der Waals surface area contributed by atoms with Crippen molar-refractivity contribution in [1.29, 1.82) is 0 Å². The maximum absolute atomic E-state index is 5.37. The van der Waals surface area contributed by atoms with Gasteiger partial charge in [-0.25, -0.2) is 0 Å². The van der Waals surface area contributed by atoms with E-state index in [1.165, 1.54) is 17.7 Å². The first kappa shape index (κ1) is 17.9. The van der Waals surface area contributed by atoms with E-state index >= 15 is 0 Å². The molecule has 0 unspecified atom stereocenters. The predicted octanol–water partition coefficient (Wildman–Crippen LogP) is 2.61. The molecular formula is C15H28N4OS. The summed E-state index contributed by atoms with van der Waals surface area (Å²) in [5.74, 6) is 3.02. The molecule has 21 heavy (non-hydrogen) atoms. The molecule has 120 valence electrons. The number of unbranched alkanes of at least 4 members (excludes halogenated alkanes) is 1. The SMILES string of the molecule is CCc1noc(CC)c1CNC(=NC)NCCCCSC. The van der Waals surface area contributed by atoms with Gasteiger partial charge in [0.05, 0.1) is 5.69 Å². The summed E-state index contributed by atoms with van der Waals surface area (Å²) in [6.45, 7) is 5.84. The summed E-state index contributed by atoms with van der Waals surface area (Å²) in [6, 6.07) is 0. The molecule has 0 spiro atoms. The van der Waals surface area contributed by atoms with E-state index in [0.717, 1.165) is 43.2 Å². The minimum Gasteiger partial charge on any atom is -0.361 e. The highest BCUT2D eigenvalue weighted by Gasteiger charge is 2.13. The number of thioether (sulfide) groups is 1. The summed E-state index contributed by atoms with van der Waals surface area (Å²) in [7, 11) is 1.80. The third-order valence-corrected chi connectivity index (χ3v) is 4.03. The van der Waals surface area contributed by atoms with E-state index in [4.69, 9.17) is 4.52 Å². The van der Waals surface area contributed by atoms with Crippen LogP contribution in [-0.4, -0.2) is 36.7 Å². The zero-order chi connectivity index (χ0) is 15.5. The lowest BCUT2D eigenvalue weighted by atomic mass is 10.1. The zero-order valence-corrected chi connectivity index (χ0v) is 14.5. The van der Waals surface area contributed by atoms with Crippen LogP contribution < -0.4 is 10.6 Å². The quantitative estimate of drug-likeness (QED) is 0.417. The second-order valence-corrected chi connectivity index (χ2v) is 5.78. The lowest BCUT2D eigenvalue weighted by molar-refractivity contribution is 0.380. The van der Waals surface area contributed by atoms with E-state index in [1.807, 2.05) is 11.8 Å². The highest BCUT2D eigenvalue weighted by Crippen LogP contribution is 2.15. The molecule has 0 atom stereocenters. The zero-order valence-electron chi connectivity index (χ0n) is 13.7. The molecule has 1 heterocycles. The van der Waals surface area contributed by atoms with Crippen molar-refractivity contribution >= 4 is 17.7 Å². The summed E-state index contributed by atoms with van der Waals surface area (Å²) in [4.78, 5) is 4.25. The third-order valence-electron chi connectivity index (χ3n) is 3.33. The molecular weight excluding hydrogens is 284 g/mol. The summed E-state index contributed by atoms with van der Waals surface area (Å²) in [5, 5.41) is 10.8. The Morgan fingerprint density at radius 2 is 2.05 bits per heavy atom. The minimum absolute atomic E-state index is 0.709. The van der Waals surface area contributed by atoms with Gasteiger partial charge < -0.3 is 15.2 Å². The number of hydrogen-bond donors (Lipinski definition) is 2. The Morgan fingerprint density at radius 3 is 2.67 bits per heavy atom. The second-order valence-electron chi connectivity index (χ2n) is 4.79. The Bertz CT molecular complexity index is 410. The molecule has 1 aromatic heterocycles. The molecule has 0 saturated carbocycles. The van der Waals surface area contributed by atoms with E-state index in [-0.39, 0.29) is 0 Å². The molecule has 0 aliphatic rings. The van der Waals surface area contributed by atoms with Gasteiger partial charge in [0.25, 0.3) is 0 Å². The summed E-state index contributed by atoms with van der Waals surface area (Å²) in [5.41, 5.74) is 2.21. The van der Waals surface area contributed by atoms with Crippen LogP contribution in [0.1, 0.15) is 43.7 Å². The molecule has 0 aliphatic heterocycles. The number of hydrogen-bond acceptors (Lipinski definition) is 4. The van der Waals surface area contributed by atoms with Crippen molar-refractivity contribution in [3.05, 3.63) is 17.0 Å². The Morgan fingerprint density at radius 1 is 1.24 bits per heavy atom. The van der Waals surface area contributed by atoms with Crippen LogP contribution in [0.5, 0.6) is 0 Å². The molecule has 0 aliphatic carbocycles. The van der Waals surface area contributed by atoms with Gasteiger partial charge in [0.15, 0.2) is 5.96 Å². The average Bonchev–Trinajstić information content (AvgIpc) is 2.92. The van der Waals surface area contributed by atoms with Gasteiger partial charge in [-0.05, 0) is 31.3 Å². The van der Waals surface area contributed by atoms with E-state index < -0.39 is 0 Å². The maximum Gasteiger partial charge on any atom is 0.191 e. The highest BCUT2D eigenvalue weighted by atomic mass is 32.2.